The molecule has 1 aromatic carbocycles. The zero-order chi connectivity index (χ0) is 13.5. The van der Waals surface area contributed by atoms with Crippen LogP contribution in [0.5, 0.6) is 5.75 Å². The predicted octanol–water partition coefficient (Wildman–Crippen LogP) is 1.66. The van der Waals surface area contributed by atoms with Gasteiger partial charge in [0.25, 0.3) is 0 Å². The van der Waals surface area contributed by atoms with Crippen LogP contribution in [0.3, 0.4) is 0 Å². The lowest BCUT2D eigenvalue weighted by atomic mass is 10.0. The van der Waals surface area contributed by atoms with Crippen LogP contribution in [-0.2, 0) is 16.0 Å². The van der Waals surface area contributed by atoms with Gasteiger partial charge in [-0.2, -0.15) is 0 Å². The van der Waals surface area contributed by atoms with E-state index in [0.29, 0.717) is 19.3 Å². The topological polar surface area (TPSA) is 61.5 Å². The van der Waals surface area contributed by atoms with Crippen LogP contribution in [0.25, 0.3) is 0 Å². The SMILES string of the molecule is COC(=O)C(N)CCCc1ccc(OC)c(F)c1. The quantitative estimate of drug-likeness (QED) is 0.785. The highest BCUT2D eigenvalue weighted by Gasteiger charge is 2.13. The molecule has 0 saturated carbocycles. The smallest absolute Gasteiger partial charge is 0.322 e. The number of ether oxygens (including phenoxy) is 2. The molecule has 0 radical (unpaired) electrons. The molecule has 0 spiro atoms. The number of carbonyl (C=O) groups is 1. The van der Waals surface area contributed by atoms with E-state index >= 15 is 0 Å². The number of rotatable bonds is 6. The molecule has 0 fully saturated rings. The molecule has 0 aliphatic rings. The summed E-state index contributed by atoms with van der Waals surface area (Å²) in [6, 6.07) is 4.21. The van der Waals surface area contributed by atoms with Crippen molar-refractivity contribution in [3.63, 3.8) is 0 Å². The van der Waals surface area contributed by atoms with Gasteiger partial charge in [0.15, 0.2) is 11.6 Å². The van der Waals surface area contributed by atoms with E-state index in [1.54, 1.807) is 12.1 Å². The van der Waals surface area contributed by atoms with Crippen molar-refractivity contribution in [1.29, 1.82) is 0 Å². The van der Waals surface area contributed by atoms with Crippen molar-refractivity contribution >= 4 is 5.97 Å². The third-order valence-electron chi connectivity index (χ3n) is 2.70. The Labute approximate surface area is 106 Å². The Morgan fingerprint density at radius 2 is 2.17 bits per heavy atom. The maximum atomic E-state index is 13.4. The van der Waals surface area contributed by atoms with Gasteiger partial charge in [0.05, 0.1) is 14.2 Å². The van der Waals surface area contributed by atoms with Crippen LogP contribution in [-0.4, -0.2) is 26.2 Å². The Bertz CT molecular complexity index is 409. The molecule has 0 bridgehead atoms. The van der Waals surface area contributed by atoms with E-state index in [-0.39, 0.29) is 11.6 Å². The van der Waals surface area contributed by atoms with Gasteiger partial charge < -0.3 is 15.2 Å². The summed E-state index contributed by atoms with van der Waals surface area (Å²) in [6.07, 6.45) is 1.87. The average molecular weight is 255 g/mol. The Balaban J connectivity index is 2.44. The first-order valence-corrected chi connectivity index (χ1v) is 5.74. The molecule has 0 heterocycles. The number of benzene rings is 1. The first kappa shape index (κ1) is 14.4. The Hall–Kier alpha value is -1.62. The molecular formula is C13H18FNO3. The second kappa shape index (κ2) is 6.96. The van der Waals surface area contributed by atoms with Gasteiger partial charge in [0, 0.05) is 0 Å². The van der Waals surface area contributed by atoms with Crippen LogP contribution in [0.15, 0.2) is 18.2 Å². The summed E-state index contributed by atoms with van der Waals surface area (Å²) in [4.78, 5) is 11.1. The van der Waals surface area contributed by atoms with Crippen molar-refractivity contribution in [2.24, 2.45) is 5.73 Å². The lowest BCUT2D eigenvalue weighted by Gasteiger charge is -2.09. The van der Waals surface area contributed by atoms with Gasteiger partial charge in [-0.1, -0.05) is 6.07 Å². The largest absolute Gasteiger partial charge is 0.494 e. The Morgan fingerprint density at radius 1 is 1.44 bits per heavy atom. The molecule has 0 aromatic heterocycles. The molecule has 1 rings (SSSR count). The molecule has 2 N–H and O–H groups in total. The second-order valence-electron chi connectivity index (χ2n) is 3.99. The summed E-state index contributed by atoms with van der Waals surface area (Å²) < 4.78 is 22.8. The maximum absolute atomic E-state index is 13.4. The van der Waals surface area contributed by atoms with E-state index in [2.05, 4.69) is 4.74 Å². The normalized spacial score (nSPS) is 12.0. The van der Waals surface area contributed by atoms with Gasteiger partial charge in [-0.3, -0.25) is 4.79 Å². The highest BCUT2D eigenvalue weighted by atomic mass is 19.1. The van der Waals surface area contributed by atoms with E-state index in [1.807, 2.05) is 0 Å². The molecule has 1 aromatic rings. The molecule has 0 saturated heterocycles. The van der Waals surface area contributed by atoms with E-state index in [9.17, 15) is 9.18 Å². The first-order chi connectivity index (χ1) is 8.58. The minimum Gasteiger partial charge on any atom is -0.494 e. The number of aryl methyl sites for hydroxylation is 1. The van der Waals surface area contributed by atoms with E-state index in [0.717, 1.165) is 5.56 Å². The van der Waals surface area contributed by atoms with Crippen molar-refractivity contribution in [1.82, 2.24) is 0 Å². The third kappa shape index (κ3) is 4.00. The summed E-state index contributed by atoms with van der Waals surface area (Å²) >= 11 is 0. The van der Waals surface area contributed by atoms with Gasteiger partial charge in [-0.25, -0.2) is 4.39 Å². The lowest BCUT2D eigenvalue weighted by Crippen LogP contribution is -2.31. The number of halogens is 1. The van der Waals surface area contributed by atoms with Crippen LogP contribution < -0.4 is 10.5 Å². The van der Waals surface area contributed by atoms with Crippen LogP contribution >= 0.6 is 0 Å². The molecule has 0 amide bonds. The second-order valence-corrected chi connectivity index (χ2v) is 3.99. The number of methoxy groups -OCH3 is 2. The van der Waals surface area contributed by atoms with Crippen molar-refractivity contribution < 1.29 is 18.7 Å². The average Bonchev–Trinajstić information content (AvgIpc) is 2.37. The first-order valence-electron chi connectivity index (χ1n) is 5.74. The van der Waals surface area contributed by atoms with Gasteiger partial charge in [-0.05, 0) is 37.0 Å². The fraction of sp³-hybridized carbons (Fsp3) is 0.462. The number of nitrogens with two attached hydrogens (primary N) is 1. The molecule has 0 aliphatic heterocycles. The number of carbonyl (C=O) groups excluding carboxylic acids is 1. The van der Waals surface area contributed by atoms with E-state index < -0.39 is 12.0 Å². The van der Waals surface area contributed by atoms with Gasteiger partial charge in [-0.15, -0.1) is 0 Å². The van der Waals surface area contributed by atoms with Crippen LogP contribution in [0.1, 0.15) is 18.4 Å². The molecule has 4 nitrogen and oxygen atoms in total. The number of hydrogen-bond donors (Lipinski definition) is 1. The monoisotopic (exact) mass is 255 g/mol. The van der Waals surface area contributed by atoms with Crippen molar-refractivity contribution in [2.75, 3.05) is 14.2 Å². The van der Waals surface area contributed by atoms with Crippen LogP contribution in [0.4, 0.5) is 4.39 Å². The van der Waals surface area contributed by atoms with Crippen molar-refractivity contribution in [3.05, 3.63) is 29.6 Å². The number of hydrogen-bond acceptors (Lipinski definition) is 4. The van der Waals surface area contributed by atoms with Crippen molar-refractivity contribution in [3.8, 4) is 5.75 Å². The summed E-state index contributed by atoms with van der Waals surface area (Å²) in [5.74, 6) is -0.576. The minimum absolute atomic E-state index is 0.227. The van der Waals surface area contributed by atoms with Gasteiger partial charge in [0.1, 0.15) is 6.04 Å². The highest BCUT2D eigenvalue weighted by molar-refractivity contribution is 5.75. The molecule has 1 unspecified atom stereocenters. The summed E-state index contributed by atoms with van der Waals surface area (Å²) in [5, 5.41) is 0. The maximum Gasteiger partial charge on any atom is 0.322 e. The fourth-order valence-electron chi connectivity index (χ4n) is 1.66. The summed E-state index contributed by atoms with van der Waals surface area (Å²) in [5.41, 5.74) is 6.45. The highest BCUT2D eigenvalue weighted by Crippen LogP contribution is 2.18. The number of esters is 1. The predicted molar refractivity (Wildman–Crippen MR) is 65.9 cm³/mol. The van der Waals surface area contributed by atoms with E-state index in [1.165, 1.54) is 20.3 Å². The Morgan fingerprint density at radius 3 is 2.72 bits per heavy atom. The van der Waals surface area contributed by atoms with Crippen LogP contribution in [0, 0.1) is 5.82 Å². The Kier molecular flexibility index (Phi) is 5.58. The van der Waals surface area contributed by atoms with E-state index in [4.69, 9.17) is 10.5 Å². The molecule has 1 atom stereocenters. The molecule has 0 aliphatic carbocycles. The minimum atomic E-state index is -0.613. The van der Waals surface area contributed by atoms with Gasteiger partial charge in [0.2, 0.25) is 0 Å². The summed E-state index contributed by atoms with van der Waals surface area (Å²) in [7, 11) is 2.73. The molecule has 100 valence electrons. The standard InChI is InChI=1S/C13H18FNO3/c1-17-12-7-6-9(8-10(12)14)4-3-5-11(15)13(16)18-2/h6-8,11H,3-5,15H2,1-2H3. The van der Waals surface area contributed by atoms with Crippen molar-refractivity contribution in [2.45, 2.75) is 25.3 Å². The fourth-order valence-corrected chi connectivity index (χ4v) is 1.66. The molecule has 18 heavy (non-hydrogen) atoms. The zero-order valence-electron chi connectivity index (χ0n) is 10.6. The lowest BCUT2D eigenvalue weighted by molar-refractivity contribution is -0.142. The molecule has 5 heteroatoms. The summed E-state index contributed by atoms with van der Waals surface area (Å²) in [6.45, 7) is 0. The van der Waals surface area contributed by atoms with Gasteiger partial charge >= 0.3 is 5.97 Å². The third-order valence-corrected chi connectivity index (χ3v) is 2.70. The van der Waals surface area contributed by atoms with Crippen LogP contribution in [0.2, 0.25) is 0 Å². The molecular weight excluding hydrogens is 237 g/mol. The zero-order valence-corrected chi connectivity index (χ0v) is 10.6.